The molecule has 0 N–H and O–H groups in total. The fourth-order valence-electron chi connectivity index (χ4n) is 3.59. The van der Waals surface area contributed by atoms with Gasteiger partial charge in [-0.05, 0) is 36.7 Å². The summed E-state index contributed by atoms with van der Waals surface area (Å²) in [4.78, 5) is 17.0. The summed E-state index contributed by atoms with van der Waals surface area (Å²) < 4.78 is 19.0. The molecule has 2 aromatic carbocycles. The highest BCUT2D eigenvalue weighted by Crippen LogP contribution is 2.13. The third-order valence-corrected chi connectivity index (χ3v) is 5.16. The van der Waals surface area contributed by atoms with Crippen molar-refractivity contribution in [2.45, 2.75) is 19.4 Å². The number of ether oxygens (including phenoxy) is 1. The lowest BCUT2D eigenvalue weighted by Crippen LogP contribution is -2.37. The van der Waals surface area contributed by atoms with E-state index >= 15 is 0 Å². The van der Waals surface area contributed by atoms with E-state index in [1.54, 1.807) is 12.1 Å². The first-order chi connectivity index (χ1) is 13.6. The highest BCUT2D eigenvalue weighted by Gasteiger charge is 2.24. The van der Waals surface area contributed by atoms with Gasteiger partial charge in [0.2, 0.25) is 5.91 Å². The predicted octanol–water partition coefficient (Wildman–Crippen LogP) is 3.37. The zero-order valence-corrected chi connectivity index (χ0v) is 16.5. The number of aryl methyl sites for hydroxylation is 1. The number of amides is 1. The number of rotatable bonds is 7. The number of likely N-dealkylation sites (N-methyl/N-ethyl adjacent to an activating group) is 1. The number of carbonyl (C=O) groups is 1. The Morgan fingerprint density at radius 1 is 1.04 bits per heavy atom. The van der Waals surface area contributed by atoms with E-state index in [1.807, 2.05) is 23.1 Å². The zero-order valence-electron chi connectivity index (χ0n) is 16.5. The molecule has 3 rings (SSSR count). The van der Waals surface area contributed by atoms with E-state index < -0.39 is 0 Å². The Morgan fingerprint density at radius 3 is 2.54 bits per heavy atom. The number of carbonyl (C=O) groups excluding carboxylic acids is 1. The molecule has 0 aromatic heterocycles. The van der Waals surface area contributed by atoms with Gasteiger partial charge in [0, 0.05) is 38.5 Å². The van der Waals surface area contributed by atoms with Crippen molar-refractivity contribution in [1.29, 1.82) is 0 Å². The van der Waals surface area contributed by atoms with Gasteiger partial charge in [-0.2, -0.15) is 0 Å². The molecular weight excluding hydrogens is 355 g/mol. The first-order valence-corrected chi connectivity index (χ1v) is 9.92. The van der Waals surface area contributed by atoms with Gasteiger partial charge in [-0.1, -0.05) is 42.5 Å². The second kappa shape index (κ2) is 10.3. The van der Waals surface area contributed by atoms with Crippen LogP contribution in [0, 0.1) is 11.7 Å². The van der Waals surface area contributed by atoms with E-state index in [9.17, 15) is 9.18 Å². The molecule has 1 fully saturated rings. The van der Waals surface area contributed by atoms with Crippen molar-refractivity contribution in [1.82, 2.24) is 9.80 Å². The molecule has 0 aliphatic carbocycles. The molecule has 1 atom stereocenters. The maximum atomic E-state index is 13.0. The zero-order chi connectivity index (χ0) is 19.8. The van der Waals surface area contributed by atoms with Crippen LogP contribution in [0.4, 0.5) is 4.39 Å². The molecule has 0 radical (unpaired) electrons. The predicted molar refractivity (Wildman–Crippen MR) is 108 cm³/mol. The maximum Gasteiger partial charge on any atom is 0.222 e. The van der Waals surface area contributed by atoms with Gasteiger partial charge in [0.1, 0.15) is 5.82 Å². The van der Waals surface area contributed by atoms with Crippen molar-refractivity contribution in [2.75, 3.05) is 39.8 Å². The molecule has 0 bridgehead atoms. The molecule has 1 saturated heterocycles. The standard InChI is InChI=1S/C23H29FN2O2/c1-25-13-14-26(23(27)12-9-19-7-10-22(24)11-8-19)16-21(15-25)18-28-17-20-5-3-2-4-6-20/h2-8,10-11,21H,9,12-18H2,1H3/t21-/m0/s1. The van der Waals surface area contributed by atoms with Crippen LogP contribution in [-0.4, -0.2) is 55.5 Å². The Labute approximate surface area is 166 Å². The quantitative estimate of drug-likeness (QED) is 0.734. The van der Waals surface area contributed by atoms with Gasteiger partial charge in [0.25, 0.3) is 0 Å². The van der Waals surface area contributed by atoms with Crippen LogP contribution >= 0.6 is 0 Å². The number of benzene rings is 2. The maximum absolute atomic E-state index is 13.0. The normalized spacial score (nSPS) is 18.1. The lowest BCUT2D eigenvalue weighted by Gasteiger charge is -2.24. The largest absolute Gasteiger partial charge is 0.376 e. The minimum Gasteiger partial charge on any atom is -0.376 e. The Kier molecular flexibility index (Phi) is 7.57. The number of hydrogen-bond donors (Lipinski definition) is 0. The third-order valence-electron chi connectivity index (χ3n) is 5.16. The van der Waals surface area contributed by atoms with Crippen molar-refractivity contribution in [3.05, 3.63) is 71.5 Å². The second-order valence-corrected chi connectivity index (χ2v) is 7.60. The van der Waals surface area contributed by atoms with Crippen molar-refractivity contribution >= 4 is 5.91 Å². The van der Waals surface area contributed by atoms with Gasteiger partial charge >= 0.3 is 0 Å². The van der Waals surface area contributed by atoms with Crippen LogP contribution in [0.5, 0.6) is 0 Å². The summed E-state index contributed by atoms with van der Waals surface area (Å²) in [6, 6.07) is 16.5. The molecule has 28 heavy (non-hydrogen) atoms. The summed E-state index contributed by atoms with van der Waals surface area (Å²) in [5, 5.41) is 0. The average molecular weight is 384 g/mol. The molecule has 1 amide bonds. The molecule has 1 heterocycles. The summed E-state index contributed by atoms with van der Waals surface area (Å²) in [5.41, 5.74) is 2.15. The Hall–Kier alpha value is -2.24. The van der Waals surface area contributed by atoms with Crippen LogP contribution in [0.15, 0.2) is 54.6 Å². The number of hydrogen-bond acceptors (Lipinski definition) is 3. The van der Waals surface area contributed by atoms with E-state index in [0.717, 1.165) is 37.3 Å². The summed E-state index contributed by atoms with van der Waals surface area (Å²) in [5.74, 6) is 0.211. The first kappa shape index (κ1) is 20.5. The third kappa shape index (κ3) is 6.43. The van der Waals surface area contributed by atoms with E-state index in [0.29, 0.717) is 32.0 Å². The Morgan fingerprint density at radius 2 is 1.79 bits per heavy atom. The van der Waals surface area contributed by atoms with Crippen molar-refractivity contribution in [3.63, 3.8) is 0 Å². The van der Waals surface area contributed by atoms with Crippen LogP contribution < -0.4 is 0 Å². The summed E-state index contributed by atoms with van der Waals surface area (Å²) in [6.07, 6.45) is 1.09. The highest BCUT2D eigenvalue weighted by molar-refractivity contribution is 5.76. The highest BCUT2D eigenvalue weighted by atomic mass is 19.1. The molecule has 1 aliphatic heterocycles. The van der Waals surface area contributed by atoms with Gasteiger partial charge in [-0.15, -0.1) is 0 Å². The van der Waals surface area contributed by atoms with Crippen LogP contribution in [-0.2, 0) is 22.6 Å². The van der Waals surface area contributed by atoms with Gasteiger partial charge in [0.15, 0.2) is 0 Å². The lowest BCUT2D eigenvalue weighted by molar-refractivity contribution is -0.131. The van der Waals surface area contributed by atoms with Crippen LogP contribution in [0.25, 0.3) is 0 Å². The van der Waals surface area contributed by atoms with E-state index in [-0.39, 0.29) is 11.7 Å². The monoisotopic (exact) mass is 384 g/mol. The van der Waals surface area contributed by atoms with Gasteiger partial charge < -0.3 is 14.5 Å². The van der Waals surface area contributed by atoms with Gasteiger partial charge in [-0.25, -0.2) is 4.39 Å². The lowest BCUT2D eigenvalue weighted by atomic mass is 10.1. The molecule has 150 valence electrons. The van der Waals surface area contributed by atoms with Crippen LogP contribution in [0.1, 0.15) is 17.5 Å². The summed E-state index contributed by atoms with van der Waals surface area (Å²) >= 11 is 0. The molecule has 0 saturated carbocycles. The number of halogens is 1. The van der Waals surface area contributed by atoms with E-state index in [1.165, 1.54) is 12.1 Å². The molecule has 0 spiro atoms. The van der Waals surface area contributed by atoms with Crippen LogP contribution in [0.2, 0.25) is 0 Å². The molecule has 4 nitrogen and oxygen atoms in total. The van der Waals surface area contributed by atoms with Crippen molar-refractivity contribution in [2.24, 2.45) is 5.92 Å². The number of nitrogens with zero attached hydrogens (tertiary/aromatic N) is 2. The fourth-order valence-corrected chi connectivity index (χ4v) is 3.59. The topological polar surface area (TPSA) is 32.8 Å². The second-order valence-electron chi connectivity index (χ2n) is 7.60. The molecule has 5 heteroatoms. The molecule has 1 aliphatic rings. The summed E-state index contributed by atoms with van der Waals surface area (Å²) in [6.45, 7) is 4.50. The van der Waals surface area contributed by atoms with Gasteiger partial charge in [-0.3, -0.25) is 4.79 Å². The SMILES string of the molecule is CN1CCN(C(=O)CCc2ccc(F)cc2)C[C@@H](COCc2ccccc2)C1. The van der Waals surface area contributed by atoms with Crippen molar-refractivity contribution in [3.8, 4) is 0 Å². The summed E-state index contributed by atoms with van der Waals surface area (Å²) in [7, 11) is 2.09. The van der Waals surface area contributed by atoms with E-state index in [4.69, 9.17) is 4.74 Å². The average Bonchev–Trinajstić information content (AvgIpc) is 2.89. The minimum atomic E-state index is -0.246. The molecular formula is C23H29FN2O2. The van der Waals surface area contributed by atoms with Crippen LogP contribution in [0.3, 0.4) is 0 Å². The van der Waals surface area contributed by atoms with Crippen molar-refractivity contribution < 1.29 is 13.9 Å². The fraction of sp³-hybridized carbons (Fsp3) is 0.435. The smallest absolute Gasteiger partial charge is 0.222 e. The van der Waals surface area contributed by atoms with E-state index in [2.05, 4.69) is 24.1 Å². The molecule has 2 aromatic rings. The Bertz CT molecular complexity index is 736. The first-order valence-electron chi connectivity index (χ1n) is 9.92. The minimum absolute atomic E-state index is 0.160. The van der Waals surface area contributed by atoms with Gasteiger partial charge in [0.05, 0.1) is 13.2 Å². The Balaban J connectivity index is 1.49. The molecule has 0 unspecified atom stereocenters.